The van der Waals surface area contributed by atoms with E-state index in [1.807, 2.05) is 50.8 Å². The summed E-state index contributed by atoms with van der Waals surface area (Å²) in [5.74, 6) is 0.134. The number of amides is 1. The number of rotatable bonds is 16. The Hall–Kier alpha value is -2.34. The number of aliphatic carboxylic acids is 1. The molecule has 2 unspecified atom stereocenters. The number of ether oxygens (including phenoxy) is 1. The number of allylic oxidation sites excluding steroid dienone is 2. The maximum absolute atomic E-state index is 12.8. The number of carboxylic acid groups (broad SMARTS) is 1. The van der Waals surface area contributed by atoms with Crippen LogP contribution in [0.5, 0.6) is 5.75 Å². The summed E-state index contributed by atoms with van der Waals surface area (Å²) in [4.78, 5) is 27.1. The van der Waals surface area contributed by atoms with Crippen molar-refractivity contribution in [1.82, 2.24) is 10.2 Å². The van der Waals surface area contributed by atoms with Crippen LogP contribution < -0.4 is 10.1 Å². The maximum Gasteiger partial charge on any atom is 0.329 e. The number of nitrogens with one attached hydrogen (secondary N) is 1. The Labute approximate surface area is 206 Å². The van der Waals surface area contributed by atoms with Crippen LogP contribution in [-0.2, 0) is 21.7 Å². The maximum atomic E-state index is 12.8. The third-order valence-electron chi connectivity index (χ3n) is 6.63. The highest BCUT2D eigenvalue weighted by atomic mass is 16.5. The Bertz CT molecular complexity index is 802. The van der Waals surface area contributed by atoms with Gasteiger partial charge in [0, 0.05) is 18.5 Å². The van der Waals surface area contributed by atoms with E-state index >= 15 is 0 Å². The van der Waals surface area contributed by atoms with E-state index in [9.17, 15) is 14.7 Å². The van der Waals surface area contributed by atoms with Crippen molar-refractivity contribution in [2.45, 2.75) is 85.7 Å². The number of likely N-dealkylation sites (N-methyl/N-ethyl adjacent to an activating group) is 1. The van der Waals surface area contributed by atoms with Gasteiger partial charge in [0.05, 0.1) is 7.11 Å². The summed E-state index contributed by atoms with van der Waals surface area (Å²) in [6.07, 6.45) is 8.45. The molecule has 1 amide bonds. The zero-order valence-corrected chi connectivity index (χ0v) is 22.3. The topological polar surface area (TPSA) is 78.9 Å². The molecule has 0 saturated heterocycles. The molecule has 34 heavy (non-hydrogen) atoms. The van der Waals surface area contributed by atoms with Gasteiger partial charge >= 0.3 is 5.97 Å². The van der Waals surface area contributed by atoms with Crippen molar-refractivity contribution in [2.75, 3.05) is 20.2 Å². The lowest BCUT2D eigenvalue weighted by Crippen LogP contribution is -2.56. The minimum Gasteiger partial charge on any atom is -0.496 e. The van der Waals surface area contributed by atoms with E-state index in [1.54, 1.807) is 7.11 Å². The monoisotopic (exact) mass is 474 g/mol. The molecule has 0 aromatic heterocycles. The Balaban J connectivity index is 2.99. The quantitative estimate of drug-likeness (QED) is 0.235. The summed E-state index contributed by atoms with van der Waals surface area (Å²) < 4.78 is 5.69. The van der Waals surface area contributed by atoms with E-state index in [2.05, 4.69) is 31.3 Å². The molecule has 0 radical (unpaired) electrons. The van der Waals surface area contributed by atoms with Gasteiger partial charge < -0.3 is 15.2 Å². The highest BCUT2D eigenvalue weighted by Gasteiger charge is 2.50. The standard InChI is InChI=1S/C28H46N2O4/c1-8-22(6)28(27(32)33,30(9-2)10-3)24-18-17-23(19-25(24)34-7)20-29-26(31)16-14-12-11-13-15-21(4)5/h13,15,17-19,21-22H,8-12,14,16,20H2,1-7H3,(H,29,31)(H,32,33). The van der Waals surface area contributed by atoms with Crippen LogP contribution in [-0.4, -0.2) is 42.1 Å². The molecule has 0 fully saturated rings. The Kier molecular flexibility index (Phi) is 12.9. The first-order chi connectivity index (χ1) is 16.2. The molecule has 1 aromatic rings. The largest absolute Gasteiger partial charge is 0.496 e. The van der Waals surface area contributed by atoms with Gasteiger partial charge in [0.2, 0.25) is 5.91 Å². The fourth-order valence-corrected chi connectivity index (χ4v) is 4.59. The summed E-state index contributed by atoms with van der Waals surface area (Å²) in [6.45, 7) is 13.9. The van der Waals surface area contributed by atoms with Crippen LogP contribution in [0.3, 0.4) is 0 Å². The van der Waals surface area contributed by atoms with E-state index in [0.717, 1.165) is 31.2 Å². The molecular weight excluding hydrogens is 428 g/mol. The molecule has 6 heteroatoms. The lowest BCUT2D eigenvalue weighted by Gasteiger charge is -2.44. The lowest BCUT2D eigenvalue weighted by molar-refractivity contribution is -0.157. The fourth-order valence-electron chi connectivity index (χ4n) is 4.59. The van der Waals surface area contributed by atoms with Crippen molar-refractivity contribution in [3.05, 3.63) is 41.5 Å². The first-order valence-electron chi connectivity index (χ1n) is 12.8. The number of hydrogen-bond donors (Lipinski definition) is 2. The summed E-state index contributed by atoms with van der Waals surface area (Å²) in [6, 6.07) is 5.62. The van der Waals surface area contributed by atoms with Crippen LogP contribution >= 0.6 is 0 Å². The van der Waals surface area contributed by atoms with E-state index in [-0.39, 0.29) is 11.8 Å². The zero-order chi connectivity index (χ0) is 25.7. The minimum atomic E-state index is -1.19. The smallest absolute Gasteiger partial charge is 0.329 e. The van der Waals surface area contributed by atoms with Gasteiger partial charge in [-0.15, -0.1) is 0 Å². The van der Waals surface area contributed by atoms with Gasteiger partial charge in [0.1, 0.15) is 5.75 Å². The van der Waals surface area contributed by atoms with Gasteiger partial charge in [-0.3, -0.25) is 9.69 Å². The van der Waals surface area contributed by atoms with Crippen LogP contribution in [0.2, 0.25) is 0 Å². The predicted octanol–water partition coefficient (Wildman–Crippen LogP) is 5.75. The number of benzene rings is 1. The Morgan fingerprint density at radius 3 is 2.35 bits per heavy atom. The molecule has 2 N–H and O–H groups in total. The van der Waals surface area contributed by atoms with Crippen molar-refractivity contribution in [2.24, 2.45) is 11.8 Å². The van der Waals surface area contributed by atoms with Crippen molar-refractivity contribution in [3.8, 4) is 5.75 Å². The molecule has 2 atom stereocenters. The average Bonchev–Trinajstić information content (AvgIpc) is 2.82. The van der Waals surface area contributed by atoms with Gasteiger partial charge in [0.25, 0.3) is 0 Å². The molecule has 0 saturated carbocycles. The molecule has 192 valence electrons. The summed E-state index contributed by atoms with van der Waals surface area (Å²) in [5.41, 5.74) is 0.358. The van der Waals surface area contributed by atoms with E-state index < -0.39 is 11.5 Å². The molecule has 0 bridgehead atoms. The van der Waals surface area contributed by atoms with Gasteiger partial charge in [0.15, 0.2) is 5.54 Å². The van der Waals surface area contributed by atoms with Crippen LogP contribution in [0.1, 0.15) is 84.8 Å². The van der Waals surface area contributed by atoms with Gasteiger partial charge in [-0.05, 0) is 55.8 Å². The first-order valence-corrected chi connectivity index (χ1v) is 12.8. The summed E-state index contributed by atoms with van der Waals surface area (Å²) in [7, 11) is 1.57. The number of carboxylic acids is 1. The number of carbonyl (C=O) groups excluding carboxylic acids is 1. The Morgan fingerprint density at radius 2 is 1.82 bits per heavy atom. The lowest BCUT2D eigenvalue weighted by atomic mass is 9.75. The van der Waals surface area contributed by atoms with E-state index in [1.165, 1.54) is 0 Å². The van der Waals surface area contributed by atoms with Gasteiger partial charge in [-0.2, -0.15) is 0 Å². The molecule has 0 heterocycles. The van der Waals surface area contributed by atoms with Crippen molar-refractivity contribution >= 4 is 11.9 Å². The van der Waals surface area contributed by atoms with Crippen LogP contribution in [0, 0.1) is 11.8 Å². The summed E-state index contributed by atoms with van der Waals surface area (Å²) >= 11 is 0. The molecular formula is C28H46N2O4. The van der Waals surface area contributed by atoms with Crippen molar-refractivity contribution in [1.29, 1.82) is 0 Å². The van der Waals surface area contributed by atoms with Crippen molar-refractivity contribution < 1.29 is 19.4 Å². The molecule has 6 nitrogen and oxygen atoms in total. The zero-order valence-electron chi connectivity index (χ0n) is 22.3. The highest BCUT2D eigenvalue weighted by molar-refractivity contribution is 5.82. The second-order valence-corrected chi connectivity index (χ2v) is 9.28. The van der Waals surface area contributed by atoms with Gasteiger partial charge in [-0.25, -0.2) is 4.79 Å². The number of methoxy groups -OCH3 is 1. The number of carbonyl (C=O) groups is 2. The molecule has 1 aromatic carbocycles. The third kappa shape index (κ3) is 7.59. The number of nitrogens with zero attached hydrogens (tertiary/aromatic N) is 1. The molecule has 0 aliphatic heterocycles. The van der Waals surface area contributed by atoms with Crippen molar-refractivity contribution in [3.63, 3.8) is 0 Å². The van der Waals surface area contributed by atoms with Crippen LogP contribution in [0.25, 0.3) is 0 Å². The fraction of sp³-hybridized carbons (Fsp3) is 0.643. The molecule has 0 spiro atoms. The minimum absolute atomic E-state index is 0.0264. The highest BCUT2D eigenvalue weighted by Crippen LogP contribution is 2.43. The molecule has 0 aliphatic carbocycles. The number of unbranched alkanes of at least 4 members (excludes halogenated alkanes) is 2. The second kappa shape index (κ2) is 14.8. The first kappa shape index (κ1) is 29.7. The molecule has 0 aliphatic rings. The third-order valence-corrected chi connectivity index (χ3v) is 6.63. The Morgan fingerprint density at radius 1 is 1.15 bits per heavy atom. The second-order valence-electron chi connectivity index (χ2n) is 9.28. The van der Waals surface area contributed by atoms with E-state index in [0.29, 0.717) is 43.3 Å². The van der Waals surface area contributed by atoms with Gasteiger partial charge in [-0.1, -0.05) is 72.2 Å². The predicted molar refractivity (Wildman–Crippen MR) is 139 cm³/mol. The average molecular weight is 475 g/mol. The molecule has 1 rings (SSSR count). The van der Waals surface area contributed by atoms with Crippen LogP contribution in [0.15, 0.2) is 30.4 Å². The van der Waals surface area contributed by atoms with Crippen LogP contribution in [0.4, 0.5) is 0 Å². The number of hydrogen-bond acceptors (Lipinski definition) is 4. The summed E-state index contributed by atoms with van der Waals surface area (Å²) in [5, 5.41) is 13.5. The normalized spacial score (nSPS) is 14.4. The SMILES string of the molecule is CCC(C)C(C(=O)O)(c1ccc(CNC(=O)CCCCC=CC(C)C)cc1OC)N(CC)CC. The van der Waals surface area contributed by atoms with E-state index in [4.69, 9.17) is 4.74 Å².